The number of esters is 2. The average molecular weight is 854 g/mol. The third-order valence-corrected chi connectivity index (χ3v) is 10.6. The first-order valence-electron chi connectivity index (χ1n) is 24.5. The summed E-state index contributed by atoms with van der Waals surface area (Å²) in [6.07, 6.45) is 55.0. The van der Waals surface area contributed by atoms with Crippen LogP contribution in [0.2, 0.25) is 0 Å². The van der Waals surface area contributed by atoms with E-state index in [1.807, 2.05) is 0 Å². The summed E-state index contributed by atoms with van der Waals surface area (Å²) in [4.78, 5) is 37.0. The summed E-state index contributed by atoms with van der Waals surface area (Å²) in [5, 5.41) is 11.6. The van der Waals surface area contributed by atoms with Crippen molar-refractivity contribution >= 4 is 17.9 Å². The fourth-order valence-corrected chi connectivity index (χ4v) is 6.84. The Kier molecular flexibility index (Phi) is 41.1. The minimum atomic E-state index is -1.13. The molecule has 0 N–H and O–H groups in total. The summed E-state index contributed by atoms with van der Waals surface area (Å²) < 4.78 is 17.2. The van der Waals surface area contributed by atoms with Gasteiger partial charge in [0.05, 0.1) is 40.3 Å². The molecular formula is C53H91NO7. The molecule has 8 heteroatoms. The van der Waals surface area contributed by atoms with Crippen molar-refractivity contribution in [1.82, 2.24) is 0 Å². The molecule has 2 atom stereocenters. The molecule has 0 bridgehead atoms. The van der Waals surface area contributed by atoms with Crippen molar-refractivity contribution in [2.75, 3.05) is 41.0 Å². The molecule has 0 aromatic carbocycles. The number of carboxylic acid groups (broad SMARTS) is 1. The number of carboxylic acids is 1. The van der Waals surface area contributed by atoms with Crippen molar-refractivity contribution in [3.8, 4) is 0 Å². The predicted octanol–water partition coefficient (Wildman–Crippen LogP) is 12.6. The van der Waals surface area contributed by atoms with E-state index in [-0.39, 0.29) is 42.7 Å². The van der Waals surface area contributed by atoms with Crippen LogP contribution in [0.1, 0.15) is 194 Å². The van der Waals surface area contributed by atoms with E-state index >= 15 is 0 Å². The van der Waals surface area contributed by atoms with Gasteiger partial charge in [-0.15, -0.1) is 0 Å². The lowest BCUT2D eigenvalue weighted by Crippen LogP contribution is -2.55. The quantitative estimate of drug-likeness (QED) is 0.0260. The highest BCUT2D eigenvalue weighted by Crippen LogP contribution is 2.15. The van der Waals surface area contributed by atoms with Crippen molar-refractivity contribution in [3.63, 3.8) is 0 Å². The molecule has 61 heavy (non-hydrogen) atoms. The largest absolute Gasteiger partial charge is 0.544 e. The maximum absolute atomic E-state index is 12.7. The number of rotatable bonds is 43. The van der Waals surface area contributed by atoms with Gasteiger partial charge < -0.3 is 28.6 Å². The normalized spacial score (nSPS) is 13.5. The SMILES string of the molecule is CC/C=C/C/C=C/C/C=C/C/C=C/C/C=C/C/C=C/CCCCCC(=O)OCC(COCCC(C(=O)[O-])[N+](C)(C)C)OC(=O)CCCCCCCCCCCCCCCCC. The molecule has 0 aliphatic carbocycles. The monoisotopic (exact) mass is 854 g/mol. The van der Waals surface area contributed by atoms with Gasteiger partial charge in [-0.2, -0.15) is 0 Å². The van der Waals surface area contributed by atoms with E-state index in [1.165, 1.54) is 77.0 Å². The number of hydrogen-bond acceptors (Lipinski definition) is 7. The van der Waals surface area contributed by atoms with E-state index in [4.69, 9.17) is 14.2 Å². The Bertz CT molecular complexity index is 1230. The Hall–Kier alpha value is -3.23. The number of likely N-dealkylation sites (N-methyl/N-ethyl adjacent to an activating group) is 1. The van der Waals surface area contributed by atoms with Crippen LogP contribution in [0, 0.1) is 0 Å². The molecule has 8 nitrogen and oxygen atoms in total. The van der Waals surface area contributed by atoms with Crippen LogP contribution in [0.15, 0.2) is 72.9 Å². The summed E-state index contributed by atoms with van der Waals surface area (Å²) in [6.45, 7) is 4.52. The van der Waals surface area contributed by atoms with Gasteiger partial charge in [-0.1, -0.05) is 183 Å². The van der Waals surface area contributed by atoms with E-state index in [2.05, 4.69) is 86.8 Å². The van der Waals surface area contributed by atoms with Crippen LogP contribution >= 0.6 is 0 Å². The zero-order valence-electron chi connectivity index (χ0n) is 39.8. The average Bonchev–Trinajstić information content (AvgIpc) is 3.22. The molecule has 0 aliphatic rings. The summed E-state index contributed by atoms with van der Waals surface area (Å²) in [5.74, 6) is -1.78. The first-order valence-corrected chi connectivity index (χ1v) is 24.5. The number of carbonyl (C=O) groups is 3. The summed E-state index contributed by atoms with van der Waals surface area (Å²) >= 11 is 0. The van der Waals surface area contributed by atoms with Crippen LogP contribution < -0.4 is 5.11 Å². The molecule has 0 aliphatic heterocycles. The Balaban J connectivity index is 4.34. The van der Waals surface area contributed by atoms with Gasteiger partial charge in [-0.3, -0.25) is 9.59 Å². The van der Waals surface area contributed by atoms with Gasteiger partial charge in [-0.25, -0.2) is 0 Å². The van der Waals surface area contributed by atoms with E-state index in [1.54, 1.807) is 21.1 Å². The molecule has 0 aromatic heterocycles. The number of allylic oxidation sites excluding steroid dienone is 12. The summed E-state index contributed by atoms with van der Waals surface area (Å²) in [6, 6.07) is -0.733. The lowest BCUT2D eigenvalue weighted by molar-refractivity contribution is -0.889. The number of nitrogens with zero attached hydrogens (tertiary/aromatic N) is 1. The standard InChI is InChI=1S/C53H91NO7/c1-6-8-10-12-14-16-18-20-22-23-24-25-26-27-28-30-31-33-35-37-39-41-43-51(55)60-48-49(47-59-46-45-50(53(57)58)54(3,4)5)61-52(56)44-42-40-38-36-34-32-29-21-19-17-15-13-11-9-7-2/h8,10,14,16,20,22,24-25,27-28,31,33,49-50H,6-7,9,11-13,15,17-19,21,23,26,29-30,32,34-48H2,1-5H3/b10-8+,16-14+,22-20+,25-24+,28-27+,33-31+. The van der Waals surface area contributed by atoms with Crippen molar-refractivity contribution in [1.29, 1.82) is 0 Å². The zero-order chi connectivity index (χ0) is 44.9. The van der Waals surface area contributed by atoms with Gasteiger partial charge in [0.1, 0.15) is 12.6 Å². The fourth-order valence-electron chi connectivity index (χ4n) is 6.84. The number of hydrogen-bond donors (Lipinski definition) is 0. The molecule has 0 aromatic rings. The first-order chi connectivity index (χ1) is 29.6. The highest BCUT2D eigenvalue weighted by Gasteiger charge is 2.25. The molecule has 0 heterocycles. The van der Waals surface area contributed by atoms with Gasteiger partial charge in [0.2, 0.25) is 0 Å². The maximum Gasteiger partial charge on any atom is 0.306 e. The smallest absolute Gasteiger partial charge is 0.306 e. The highest BCUT2D eigenvalue weighted by molar-refractivity contribution is 5.70. The molecule has 0 spiro atoms. The second-order valence-electron chi connectivity index (χ2n) is 17.3. The Labute approximate surface area is 374 Å². The zero-order valence-corrected chi connectivity index (χ0v) is 39.8. The van der Waals surface area contributed by atoms with Crippen LogP contribution in [-0.4, -0.2) is 75.5 Å². The lowest BCUT2D eigenvalue weighted by atomic mass is 10.0. The van der Waals surface area contributed by atoms with Gasteiger partial charge in [-0.05, 0) is 64.2 Å². The molecule has 0 saturated heterocycles. The van der Waals surface area contributed by atoms with Gasteiger partial charge in [0, 0.05) is 19.3 Å². The van der Waals surface area contributed by atoms with Gasteiger partial charge in [0.25, 0.3) is 0 Å². The van der Waals surface area contributed by atoms with Crippen molar-refractivity contribution in [2.45, 2.75) is 206 Å². The Morgan fingerprint density at radius 2 is 0.918 bits per heavy atom. The summed E-state index contributed by atoms with van der Waals surface area (Å²) in [5.41, 5.74) is 0. The van der Waals surface area contributed by atoms with E-state index in [9.17, 15) is 19.5 Å². The number of quaternary nitrogens is 1. The third-order valence-electron chi connectivity index (χ3n) is 10.6. The van der Waals surface area contributed by atoms with Crippen molar-refractivity contribution < 1.29 is 38.2 Å². The number of carbonyl (C=O) groups excluding carboxylic acids is 3. The molecule has 2 unspecified atom stereocenters. The van der Waals surface area contributed by atoms with E-state index in [0.29, 0.717) is 12.8 Å². The van der Waals surface area contributed by atoms with Gasteiger partial charge in [0.15, 0.2) is 6.10 Å². The van der Waals surface area contributed by atoms with Gasteiger partial charge >= 0.3 is 11.9 Å². The molecule has 0 radical (unpaired) electrons. The maximum atomic E-state index is 12.7. The van der Waals surface area contributed by atoms with Crippen LogP contribution in [-0.2, 0) is 28.6 Å². The number of unbranched alkanes of at least 4 members (excludes halogenated alkanes) is 17. The predicted molar refractivity (Wildman–Crippen MR) is 254 cm³/mol. The minimum absolute atomic E-state index is 0.0285. The molecule has 0 saturated carbocycles. The lowest BCUT2D eigenvalue weighted by Gasteiger charge is -2.34. The van der Waals surface area contributed by atoms with Crippen LogP contribution in [0.25, 0.3) is 0 Å². The Morgan fingerprint density at radius 3 is 1.36 bits per heavy atom. The second kappa shape index (κ2) is 43.4. The van der Waals surface area contributed by atoms with Crippen LogP contribution in [0.3, 0.4) is 0 Å². The van der Waals surface area contributed by atoms with Crippen molar-refractivity contribution in [2.24, 2.45) is 0 Å². The molecule has 0 rings (SSSR count). The van der Waals surface area contributed by atoms with Crippen LogP contribution in [0.5, 0.6) is 0 Å². The minimum Gasteiger partial charge on any atom is -0.544 e. The van der Waals surface area contributed by atoms with E-state index < -0.39 is 18.1 Å². The number of aliphatic carboxylic acids is 1. The topological polar surface area (TPSA) is 102 Å². The highest BCUT2D eigenvalue weighted by atomic mass is 16.6. The second-order valence-corrected chi connectivity index (χ2v) is 17.3. The Morgan fingerprint density at radius 1 is 0.508 bits per heavy atom. The molecule has 0 amide bonds. The van der Waals surface area contributed by atoms with E-state index in [0.717, 1.165) is 83.5 Å². The number of ether oxygens (including phenoxy) is 3. The third kappa shape index (κ3) is 41.9. The van der Waals surface area contributed by atoms with Crippen molar-refractivity contribution in [3.05, 3.63) is 72.9 Å². The van der Waals surface area contributed by atoms with Crippen LogP contribution in [0.4, 0.5) is 0 Å². The summed E-state index contributed by atoms with van der Waals surface area (Å²) in [7, 11) is 5.40. The fraction of sp³-hybridized carbons (Fsp3) is 0.717. The molecule has 350 valence electrons. The molecule has 0 fully saturated rings. The molecular weight excluding hydrogens is 763 g/mol. The first kappa shape index (κ1) is 57.8.